The molecule has 0 bridgehead atoms. The molecule has 2 heterocycles. The molecule has 1 N–H and O–H groups in total. The van der Waals surface area contributed by atoms with Crippen LogP contribution in [0.1, 0.15) is 11.4 Å². The number of anilines is 1. The van der Waals surface area contributed by atoms with Crippen LogP contribution in [0.2, 0.25) is 0 Å². The van der Waals surface area contributed by atoms with Gasteiger partial charge in [0.25, 0.3) is 0 Å². The number of aryl methyl sites for hydroxylation is 1. The van der Waals surface area contributed by atoms with Gasteiger partial charge in [0.15, 0.2) is 0 Å². The van der Waals surface area contributed by atoms with Gasteiger partial charge in [0.2, 0.25) is 0 Å². The molecule has 0 aliphatic heterocycles. The largest absolute Gasteiger partial charge is 0.261 e. The highest BCUT2D eigenvalue weighted by molar-refractivity contribution is 5.77. The Labute approximate surface area is 94.1 Å². The van der Waals surface area contributed by atoms with Crippen molar-refractivity contribution in [2.45, 2.75) is 6.92 Å². The van der Waals surface area contributed by atoms with E-state index in [4.69, 9.17) is 0 Å². The van der Waals surface area contributed by atoms with Gasteiger partial charge in [0.1, 0.15) is 5.82 Å². The Morgan fingerprint density at radius 2 is 2.12 bits per heavy atom. The molecule has 0 aromatic carbocycles. The van der Waals surface area contributed by atoms with Crippen LogP contribution in [0.5, 0.6) is 0 Å². The number of hydrogen-bond acceptors (Lipinski definition) is 4. The van der Waals surface area contributed by atoms with Gasteiger partial charge in [-0.25, -0.2) is 4.98 Å². The maximum atomic E-state index is 4.29. The molecule has 2 rings (SSSR count). The zero-order valence-corrected chi connectivity index (χ0v) is 8.96. The van der Waals surface area contributed by atoms with Crippen molar-refractivity contribution in [2.24, 2.45) is 5.10 Å². The standard InChI is InChI=1S/C12H12N4/c1-10-5-4-6-11(15-10)9-14-16-12-7-2-3-8-13-12/h2-9H,1H3,(H,13,16)/b14-9-. The number of hydrogen-bond donors (Lipinski definition) is 1. The van der Waals surface area contributed by atoms with Crippen molar-refractivity contribution in [3.05, 3.63) is 54.0 Å². The molecule has 0 saturated heterocycles. The van der Waals surface area contributed by atoms with E-state index in [0.29, 0.717) is 5.82 Å². The van der Waals surface area contributed by atoms with Gasteiger partial charge in [-0.05, 0) is 31.2 Å². The van der Waals surface area contributed by atoms with E-state index in [1.54, 1.807) is 12.4 Å². The van der Waals surface area contributed by atoms with E-state index in [-0.39, 0.29) is 0 Å². The third kappa shape index (κ3) is 2.88. The van der Waals surface area contributed by atoms with Gasteiger partial charge in [0, 0.05) is 11.9 Å². The summed E-state index contributed by atoms with van der Waals surface area (Å²) in [5.41, 5.74) is 4.63. The highest BCUT2D eigenvalue weighted by atomic mass is 15.3. The van der Waals surface area contributed by atoms with Crippen molar-refractivity contribution < 1.29 is 0 Å². The Bertz CT molecular complexity index is 479. The lowest BCUT2D eigenvalue weighted by Crippen LogP contribution is -1.94. The molecule has 2 aromatic heterocycles. The van der Waals surface area contributed by atoms with E-state index in [0.717, 1.165) is 11.4 Å². The fourth-order valence-corrected chi connectivity index (χ4v) is 1.23. The van der Waals surface area contributed by atoms with Crippen molar-refractivity contribution in [3.63, 3.8) is 0 Å². The third-order valence-electron chi connectivity index (χ3n) is 1.95. The second-order valence-electron chi connectivity index (χ2n) is 3.29. The third-order valence-corrected chi connectivity index (χ3v) is 1.95. The Morgan fingerprint density at radius 1 is 1.19 bits per heavy atom. The zero-order valence-electron chi connectivity index (χ0n) is 8.96. The second kappa shape index (κ2) is 5.02. The lowest BCUT2D eigenvalue weighted by molar-refractivity contribution is 1.17. The summed E-state index contributed by atoms with van der Waals surface area (Å²) in [6, 6.07) is 11.4. The molecule has 0 amide bonds. The molecule has 0 aliphatic carbocycles. The monoisotopic (exact) mass is 212 g/mol. The minimum atomic E-state index is 0.714. The molecule has 0 unspecified atom stereocenters. The van der Waals surface area contributed by atoms with Gasteiger partial charge in [-0.15, -0.1) is 0 Å². The van der Waals surface area contributed by atoms with Crippen LogP contribution in [0.25, 0.3) is 0 Å². The molecule has 80 valence electrons. The molecule has 0 aliphatic rings. The molecule has 2 aromatic rings. The van der Waals surface area contributed by atoms with Crippen LogP contribution in [-0.4, -0.2) is 16.2 Å². The van der Waals surface area contributed by atoms with Crippen LogP contribution in [0, 0.1) is 6.92 Å². The average Bonchev–Trinajstić information content (AvgIpc) is 2.30. The summed E-state index contributed by atoms with van der Waals surface area (Å²) >= 11 is 0. The first-order chi connectivity index (χ1) is 7.84. The van der Waals surface area contributed by atoms with Crippen LogP contribution in [-0.2, 0) is 0 Å². The molecule has 0 spiro atoms. The molecule has 4 heteroatoms. The minimum absolute atomic E-state index is 0.714. The highest BCUT2D eigenvalue weighted by Gasteiger charge is 1.90. The Morgan fingerprint density at radius 3 is 2.88 bits per heavy atom. The molecule has 16 heavy (non-hydrogen) atoms. The maximum absolute atomic E-state index is 4.29. The molecule has 0 saturated carbocycles. The Balaban J connectivity index is 2.00. The first-order valence-electron chi connectivity index (χ1n) is 4.98. The van der Waals surface area contributed by atoms with Crippen LogP contribution < -0.4 is 5.43 Å². The summed E-state index contributed by atoms with van der Waals surface area (Å²) in [4.78, 5) is 8.38. The summed E-state index contributed by atoms with van der Waals surface area (Å²) in [6.45, 7) is 1.95. The van der Waals surface area contributed by atoms with Gasteiger partial charge in [-0.1, -0.05) is 12.1 Å². The fourth-order valence-electron chi connectivity index (χ4n) is 1.23. The van der Waals surface area contributed by atoms with E-state index < -0.39 is 0 Å². The Kier molecular flexibility index (Phi) is 3.23. The second-order valence-corrected chi connectivity index (χ2v) is 3.29. The summed E-state index contributed by atoms with van der Waals surface area (Å²) in [5, 5.41) is 4.05. The van der Waals surface area contributed by atoms with E-state index in [1.807, 2.05) is 43.3 Å². The normalized spacial score (nSPS) is 10.6. The lowest BCUT2D eigenvalue weighted by Gasteiger charge is -1.97. The highest BCUT2D eigenvalue weighted by Crippen LogP contribution is 1.99. The van der Waals surface area contributed by atoms with E-state index in [1.165, 1.54) is 0 Å². The van der Waals surface area contributed by atoms with Gasteiger partial charge in [-0.3, -0.25) is 10.4 Å². The maximum Gasteiger partial charge on any atom is 0.146 e. The number of rotatable bonds is 3. The van der Waals surface area contributed by atoms with Crippen LogP contribution in [0.15, 0.2) is 47.7 Å². The van der Waals surface area contributed by atoms with E-state index in [9.17, 15) is 0 Å². The van der Waals surface area contributed by atoms with Gasteiger partial charge in [-0.2, -0.15) is 5.10 Å². The molecule has 4 nitrogen and oxygen atoms in total. The van der Waals surface area contributed by atoms with E-state index in [2.05, 4.69) is 20.5 Å². The van der Waals surface area contributed by atoms with Crippen LogP contribution >= 0.6 is 0 Å². The zero-order chi connectivity index (χ0) is 11.2. The molecular weight excluding hydrogens is 200 g/mol. The summed E-state index contributed by atoms with van der Waals surface area (Å²) < 4.78 is 0. The van der Waals surface area contributed by atoms with Crippen LogP contribution in [0.3, 0.4) is 0 Å². The van der Waals surface area contributed by atoms with Crippen molar-refractivity contribution in [3.8, 4) is 0 Å². The number of hydrazone groups is 1. The summed E-state index contributed by atoms with van der Waals surface area (Å²) in [5.74, 6) is 0.714. The van der Waals surface area contributed by atoms with Crippen molar-refractivity contribution in [2.75, 3.05) is 5.43 Å². The summed E-state index contributed by atoms with van der Waals surface area (Å²) in [7, 11) is 0. The first kappa shape index (κ1) is 10.3. The van der Waals surface area contributed by atoms with Crippen molar-refractivity contribution >= 4 is 12.0 Å². The fraction of sp³-hybridized carbons (Fsp3) is 0.0833. The van der Waals surface area contributed by atoms with Crippen molar-refractivity contribution in [1.82, 2.24) is 9.97 Å². The van der Waals surface area contributed by atoms with Gasteiger partial charge in [0.05, 0.1) is 11.9 Å². The lowest BCUT2D eigenvalue weighted by atomic mass is 10.3. The first-order valence-corrected chi connectivity index (χ1v) is 4.98. The average molecular weight is 212 g/mol. The molecule has 0 fully saturated rings. The summed E-state index contributed by atoms with van der Waals surface area (Å²) in [6.07, 6.45) is 3.38. The smallest absolute Gasteiger partial charge is 0.146 e. The quantitative estimate of drug-likeness (QED) is 0.627. The van der Waals surface area contributed by atoms with Crippen LogP contribution in [0.4, 0.5) is 5.82 Å². The van der Waals surface area contributed by atoms with Crippen molar-refractivity contribution in [1.29, 1.82) is 0 Å². The molecular formula is C12H12N4. The number of pyridine rings is 2. The van der Waals surface area contributed by atoms with Gasteiger partial charge >= 0.3 is 0 Å². The number of aromatic nitrogens is 2. The van der Waals surface area contributed by atoms with Gasteiger partial charge < -0.3 is 0 Å². The molecule has 0 atom stereocenters. The predicted molar refractivity (Wildman–Crippen MR) is 64.4 cm³/mol. The SMILES string of the molecule is Cc1cccc(/C=N\Nc2ccccn2)n1. The minimum Gasteiger partial charge on any atom is -0.261 e. The number of nitrogens with zero attached hydrogens (tertiary/aromatic N) is 3. The van der Waals surface area contributed by atoms with E-state index >= 15 is 0 Å². The Hall–Kier alpha value is -2.23. The number of nitrogens with one attached hydrogen (secondary N) is 1. The molecule has 0 radical (unpaired) electrons. The topological polar surface area (TPSA) is 50.2 Å². The predicted octanol–water partition coefficient (Wildman–Crippen LogP) is 2.23.